The van der Waals surface area contributed by atoms with Crippen molar-refractivity contribution in [1.82, 2.24) is 9.55 Å². The van der Waals surface area contributed by atoms with Gasteiger partial charge in [0.2, 0.25) is 0 Å². The van der Waals surface area contributed by atoms with Gasteiger partial charge in [-0.15, -0.1) is 0 Å². The predicted octanol–water partition coefficient (Wildman–Crippen LogP) is 3.26. The molecule has 0 bridgehead atoms. The van der Waals surface area contributed by atoms with E-state index in [0.29, 0.717) is 17.7 Å². The van der Waals surface area contributed by atoms with Crippen LogP contribution in [0.15, 0.2) is 36.9 Å². The minimum Gasteiger partial charge on any atom is -0.333 e. The molecule has 0 saturated heterocycles. The quantitative estimate of drug-likeness (QED) is 0.787. The summed E-state index contributed by atoms with van der Waals surface area (Å²) < 4.78 is 39.6. The molecule has 0 spiro atoms. The van der Waals surface area contributed by atoms with E-state index in [1.807, 2.05) is 0 Å². The summed E-state index contributed by atoms with van der Waals surface area (Å²) in [5, 5.41) is 0. The molecule has 0 aliphatic carbocycles. The van der Waals surface area contributed by atoms with Crippen molar-refractivity contribution in [3.63, 3.8) is 0 Å². The molecular formula is C12H11F3N2. The van der Waals surface area contributed by atoms with Gasteiger partial charge in [-0.05, 0) is 24.6 Å². The summed E-state index contributed by atoms with van der Waals surface area (Å²) in [6.07, 6.45) is 0.599. The van der Waals surface area contributed by atoms with Gasteiger partial charge in [-0.3, -0.25) is 0 Å². The van der Waals surface area contributed by atoms with E-state index >= 15 is 0 Å². The standard InChI is InChI=1S/C12H11F3N2/c1-9-4-10(7-17-3-2-16-8-17)6-11(5-9)12(13,14)15/h2-6,8H,7H2,1H3. The van der Waals surface area contributed by atoms with E-state index in [2.05, 4.69) is 4.98 Å². The third-order valence-corrected chi connectivity index (χ3v) is 2.39. The number of aromatic nitrogens is 2. The fourth-order valence-corrected chi connectivity index (χ4v) is 1.71. The minimum atomic E-state index is -4.30. The summed E-state index contributed by atoms with van der Waals surface area (Å²) in [6, 6.07) is 4.07. The molecule has 1 aromatic heterocycles. The molecule has 2 aromatic rings. The number of alkyl halides is 3. The van der Waals surface area contributed by atoms with Crippen molar-refractivity contribution in [1.29, 1.82) is 0 Å². The van der Waals surface area contributed by atoms with E-state index in [0.717, 1.165) is 6.07 Å². The lowest BCUT2D eigenvalue weighted by Crippen LogP contribution is -2.07. The highest BCUT2D eigenvalue weighted by molar-refractivity contribution is 5.31. The third kappa shape index (κ3) is 2.87. The van der Waals surface area contributed by atoms with Crippen LogP contribution in [0.1, 0.15) is 16.7 Å². The zero-order valence-corrected chi connectivity index (χ0v) is 9.20. The van der Waals surface area contributed by atoms with Gasteiger partial charge in [-0.25, -0.2) is 4.98 Å². The lowest BCUT2D eigenvalue weighted by Gasteiger charge is -2.11. The molecule has 0 N–H and O–H groups in total. The number of aryl methyl sites for hydroxylation is 1. The summed E-state index contributed by atoms with van der Waals surface area (Å²) in [6.45, 7) is 2.05. The first-order chi connectivity index (χ1) is 7.95. The highest BCUT2D eigenvalue weighted by Crippen LogP contribution is 2.30. The molecule has 2 rings (SSSR count). The summed E-state index contributed by atoms with van der Waals surface area (Å²) in [4.78, 5) is 3.85. The van der Waals surface area contributed by atoms with Crippen molar-refractivity contribution < 1.29 is 13.2 Å². The summed E-state index contributed by atoms with van der Waals surface area (Å²) in [7, 11) is 0. The molecule has 0 unspecified atom stereocenters. The lowest BCUT2D eigenvalue weighted by molar-refractivity contribution is -0.137. The number of rotatable bonds is 2. The van der Waals surface area contributed by atoms with E-state index in [1.54, 1.807) is 36.3 Å². The first kappa shape index (κ1) is 11.7. The third-order valence-electron chi connectivity index (χ3n) is 2.39. The molecule has 0 radical (unpaired) electrons. The van der Waals surface area contributed by atoms with Gasteiger partial charge >= 0.3 is 6.18 Å². The van der Waals surface area contributed by atoms with Gasteiger partial charge in [0.25, 0.3) is 0 Å². The van der Waals surface area contributed by atoms with Crippen LogP contribution < -0.4 is 0 Å². The Hall–Kier alpha value is -1.78. The van der Waals surface area contributed by atoms with Crippen molar-refractivity contribution in [3.05, 3.63) is 53.6 Å². The smallest absolute Gasteiger partial charge is 0.333 e. The number of hydrogen-bond donors (Lipinski definition) is 0. The Kier molecular flexibility index (Phi) is 2.92. The first-order valence-electron chi connectivity index (χ1n) is 5.08. The summed E-state index contributed by atoms with van der Waals surface area (Å²) in [5.41, 5.74) is 0.623. The van der Waals surface area contributed by atoms with E-state index in [1.165, 1.54) is 6.07 Å². The van der Waals surface area contributed by atoms with Crippen LogP contribution in [-0.4, -0.2) is 9.55 Å². The van der Waals surface area contributed by atoms with Crippen molar-refractivity contribution in [3.8, 4) is 0 Å². The number of benzene rings is 1. The monoisotopic (exact) mass is 240 g/mol. The van der Waals surface area contributed by atoms with E-state index in [-0.39, 0.29) is 0 Å². The van der Waals surface area contributed by atoms with Gasteiger partial charge in [-0.1, -0.05) is 11.6 Å². The topological polar surface area (TPSA) is 17.8 Å². The second kappa shape index (κ2) is 4.24. The maximum atomic E-state index is 12.6. The maximum absolute atomic E-state index is 12.6. The van der Waals surface area contributed by atoms with Crippen LogP contribution in [0.25, 0.3) is 0 Å². The average Bonchev–Trinajstić information content (AvgIpc) is 2.68. The highest BCUT2D eigenvalue weighted by Gasteiger charge is 2.30. The Morgan fingerprint density at radius 2 is 2.00 bits per heavy atom. The molecule has 5 heteroatoms. The molecule has 0 aliphatic heterocycles. The Morgan fingerprint density at radius 1 is 1.24 bits per heavy atom. The Balaban J connectivity index is 2.32. The molecule has 2 nitrogen and oxygen atoms in total. The van der Waals surface area contributed by atoms with Crippen molar-refractivity contribution >= 4 is 0 Å². The average molecular weight is 240 g/mol. The molecule has 17 heavy (non-hydrogen) atoms. The van der Waals surface area contributed by atoms with Gasteiger partial charge < -0.3 is 4.57 Å². The van der Waals surface area contributed by atoms with Crippen LogP contribution in [0.4, 0.5) is 13.2 Å². The molecule has 0 atom stereocenters. The van der Waals surface area contributed by atoms with Gasteiger partial charge in [0.05, 0.1) is 11.9 Å². The van der Waals surface area contributed by atoms with Crippen LogP contribution in [0.2, 0.25) is 0 Å². The van der Waals surface area contributed by atoms with Gasteiger partial charge in [0, 0.05) is 18.9 Å². The van der Waals surface area contributed by atoms with Crippen molar-refractivity contribution in [2.75, 3.05) is 0 Å². The Labute approximate surface area is 96.7 Å². The van der Waals surface area contributed by atoms with Crippen LogP contribution in [0.3, 0.4) is 0 Å². The van der Waals surface area contributed by atoms with Gasteiger partial charge in [-0.2, -0.15) is 13.2 Å². The molecule has 0 saturated carbocycles. The van der Waals surface area contributed by atoms with Crippen LogP contribution in [0.5, 0.6) is 0 Å². The predicted molar refractivity (Wildman–Crippen MR) is 57.5 cm³/mol. The maximum Gasteiger partial charge on any atom is 0.416 e. The van der Waals surface area contributed by atoms with Crippen molar-refractivity contribution in [2.45, 2.75) is 19.6 Å². The zero-order valence-electron chi connectivity index (χ0n) is 9.20. The fraction of sp³-hybridized carbons (Fsp3) is 0.250. The molecule has 1 heterocycles. The van der Waals surface area contributed by atoms with E-state index < -0.39 is 11.7 Å². The van der Waals surface area contributed by atoms with Crippen LogP contribution in [-0.2, 0) is 12.7 Å². The Bertz CT molecular complexity index is 501. The molecule has 1 aromatic carbocycles. The number of halogens is 3. The molecule has 0 amide bonds. The summed E-state index contributed by atoms with van der Waals surface area (Å²) >= 11 is 0. The highest BCUT2D eigenvalue weighted by atomic mass is 19.4. The zero-order chi connectivity index (χ0) is 12.5. The van der Waals surface area contributed by atoms with Crippen LogP contribution in [0, 0.1) is 6.92 Å². The Morgan fingerprint density at radius 3 is 2.59 bits per heavy atom. The SMILES string of the molecule is Cc1cc(Cn2ccnc2)cc(C(F)(F)F)c1. The largest absolute Gasteiger partial charge is 0.416 e. The molecule has 90 valence electrons. The van der Waals surface area contributed by atoms with Gasteiger partial charge in [0.15, 0.2) is 0 Å². The van der Waals surface area contributed by atoms with Crippen LogP contribution >= 0.6 is 0 Å². The summed E-state index contributed by atoms with van der Waals surface area (Å²) in [5.74, 6) is 0. The first-order valence-corrected chi connectivity index (χ1v) is 5.08. The second-order valence-corrected chi connectivity index (χ2v) is 3.94. The van der Waals surface area contributed by atoms with E-state index in [9.17, 15) is 13.2 Å². The number of nitrogens with zero attached hydrogens (tertiary/aromatic N) is 2. The number of imidazole rings is 1. The van der Waals surface area contributed by atoms with Crippen molar-refractivity contribution in [2.24, 2.45) is 0 Å². The van der Waals surface area contributed by atoms with Gasteiger partial charge in [0.1, 0.15) is 0 Å². The fourth-order valence-electron chi connectivity index (χ4n) is 1.71. The normalized spacial score (nSPS) is 11.8. The number of hydrogen-bond acceptors (Lipinski definition) is 1. The second-order valence-electron chi connectivity index (χ2n) is 3.94. The minimum absolute atomic E-state index is 0.394. The molecule has 0 aliphatic rings. The lowest BCUT2D eigenvalue weighted by atomic mass is 10.1. The molecular weight excluding hydrogens is 229 g/mol. The van der Waals surface area contributed by atoms with E-state index in [4.69, 9.17) is 0 Å². The molecule has 0 fully saturated rings.